The molecule has 0 radical (unpaired) electrons. The molecule has 0 unspecified atom stereocenters. The summed E-state index contributed by atoms with van der Waals surface area (Å²) in [6.07, 6.45) is 0. The van der Waals surface area contributed by atoms with Crippen molar-refractivity contribution in [2.75, 3.05) is 0 Å². The lowest BCUT2D eigenvalue weighted by atomic mass is 9.77. The lowest BCUT2D eigenvalue weighted by Crippen LogP contribution is -2.19. The predicted octanol–water partition coefficient (Wildman–Crippen LogP) is 9.06. The van der Waals surface area contributed by atoms with Crippen molar-refractivity contribution < 1.29 is 4.74 Å². The van der Waals surface area contributed by atoms with Gasteiger partial charge >= 0.3 is 0 Å². The number of pyridine rings is 2. The number of aromatic nitrogens is 2. The van der Waals surface area contributed by atoms with Crippen LogP contribution in [0.5, 0.6) is 11.5 Å². The zero-order chi connectivity index (χ0) is 24.3. The van der Waals surface area contributed by atoms with Gasteiger partial charge in [0.2, 0.25) is 0 Å². The maximum absolute atomic E-state index is 6.63. The van der Waals surface area contributed by atoms with E-state index in [0.29, 0.717) is 0 Å². The molecule has 0 spiro atoms. The number of fused-ring (bicyclic) bond motifs is 2. The van der Waals surface area contributed by atoms with Gasteiger partial charge in [0.25, 0.3) is 0 Å². The first-order chi connectivity index (χ1) is 16.0. The highest BCUT2D eigenvalue weighted by molar-refractivity contribution is 9.10. The molecular formula is C29H26Br2N2O. The normalized spacial score (nSPS) is 14.2. The molecule has 3 nitrogen and oxygen atoms in total. The van der Waals surface area contributed by atoms with Crippen LogP contribution in [-0.4, -0.2) is 9.97 Å². The smallest absolute Gasteiger partial charge is 0.136 e. The summed E-state index contributed by atoms with van der Waals surface area (Å²) >= 11 is 7.19. The number of benzene rings is 2. The third kappa shape index (κ3) is 4.20. The molecule has 34 heavy (non-hydrogen) atoms. The molecule has 4 heterocycles. The van der Waals surface area contributed by atoms with Crippen LogP contribution in [0.15, 0.2) is 75.9 Å². The minimum atomic E-state index is -0.258. The van der Waals surface area contributed by atoms with Gasteiger partial charge in [-0.3, -0.25) is 0 Å². The van der Waals surface area contributed by atoms with Gasteiger partial charge in [0.05, 0.1) is 11.4 Å². The number of hydrogen-bond donors (Lipinski definition) is 0. The molecule has 2 aromatic carbocycles. The van der Waals surface area contributed by atoms with E-state index >= 15 is 0 Å². The van der Waals surface area contributed by atoms with Crippen LogP contribution in [0.1, 0.15) is 51.3 Å². The fourth-order valence-corrected chi connectivity index (χ4v) is 5.11. The van der Waals surface area contributed by atoms with Crippen LogP contribution in [0.2, 0.25) is 0 Å². The SMILES string of the molecule is CC(C)(C)c1ccc2c(c1)-c1cc(cc(Br)n1)C(C)(C)c1ccc(c(-c3cccc(Br)n3)c1)O2. The molecule has 0 N–H and O–H groups in total. The van der Waals surface area contributed by atoms with E-state index in [4.69, 9.17) is 14.7 Å². The van der Waals surface area contributed by atoms with E-state index in [1.807, 2.05) is 18.2 Å². The third-order valence-electron chi connectivity index (χ3n) is 6.55. The Kier molecular flexibility index (Phi) is 5.69. The van der Waals surface area contributed by atoms with Crippen molar-refractivity contribution in [2.24, 2.45) is 0 Å². The monoisotopic (exact) mass is 576 g/mol. The summed E-state index contributed by atoms with van der Waals surface area (Å²) in [4.78, 5) is 9.60. The molecule has 6 rings (SSSR count). The van der Waals surface area contributed by atoms with Gasteiger partial charge in [0, 0.05) is 16.5 Å². The molecule has 4 aromatic rings. The van der Waals surface area contributed by atoms with Crippen LogP contribution < -0.4 is 4.74 Å². The first-order valence-corrected chi connectivity index (χ1v) is 12.9. The maximum atomic E-state index is 6.63. The zero-order valence-electron chi connectivity index (χ0n) is 19.9. The van der Waals surface area contributed by atoms with E-state index in [-0.39, 0.29) is 10.8 Å². The number of hydrogen-bond acceptors (Lipinski definition) is 3. The van der Waals surface area contributed by atoms with Gasteiger partial charge in [0.1, 0.15) is 20.7 Å². The minimum Gasteiger partial charge on any atom is -0.456 e. The Bertz CT molecular complexity index is 1420. The first kappa shape index (κ1) is 23.3. The Hall–Kier alpha value is -2.50. The molecule has 0 amide bonds. The van der Waals surface area contributed by atoms with Crippen molar-refractivity contribution in [3.63, 3.8) is 0 Å². The Morgan fingerprint density at radius 2 is 1.38 bits per heavy atom. The Morgan fingerprint density at radius 1 is 0.706 bits per heavy atom. The Morgan fingerprint density at radius 3 is 2.09 bits per heavy atom. The number of rotatable bonds is 1. The van der Waals surface area contributed by atoms with Crippen LogP contribution in [0.3, 0.4) is 0 Å². The van der Waals surface area contributed by atoms with Gasteiger partial charge in [-0.15, -0.1) is 0 Å². The van der Waals surface area contributed by atoms with Gasteiger partial charge < -0.3 is 4.74 Å². The van der Waals surface area contributed by atoms with Crippen LogP contribution >= 0.6 is 31.9 Å². The second-order valence-electron chi connectivity index (χ2n) is 10.3. The molecule has 0 saturated carbocycles. The summed E-state index contributed by atoms with van der Waals surface area (Å²) in [5.74, 6) is 1.54. The van der Waals surface area contributed by atoms with Crippen molar-refractivity contribution in [2.45, 2.75) is 45.4 Å². The summed E-state index contributed by atoms with van der Waals surface area (Å²) in [5, 5.41) is 0. The van der Waals surface area contributed by atoms with Gasteiger partial charge in [-0.05, 0) is 102 Å². The highest BCUT2D eigenvalue weighted by atomic mass is 79.9. The Balaban J connectivity index is 1.84. The summed E-state index contributed by atoms with van der Waals surface area (Å²) < 4.78 is 8.23. The van der Waals surface area contributed by atoms with Crippen LogP contribution in [0, 0.1) is 0 Å². The fourth-order valence-electron chi connectivity index (χ4n) is 4.33. The van der Waals surface area contributed by atoms with E-state index in [1.165, 1.54) is 16.7 Å². The molecule has 0 aliphatic carbocycles. The second-order valence-corrected chi connectivity index (χ2v) is 11.9. The Labute approximate surface area is 217 Å². The molecule has 4 bridgehead atoms. The standard InChI is InChI=1S/C29H26Br2N2O/c1-28(2,3)17-9-11-25-21(13-17)23-15-19(16-27(31)33-23)29(4,5)18-10-12-24(34-25)20(14-18)22-7-6-8-26(30)32-22/h6-16H,1-5H3. The average molecular weight is 578 g/mol. The predicted molar refractivity (Wildman–Crippen MR) is 146 cm³/mol. The molecule has 0 fully saturated rings. The van der Waals surface area contributed by atoms with Crippen molar-refractivity contribution in [3.8, 4) is 34.0 Å². The molecule has 2 aromatic heterocycles. The van der Waals surface area contributed by atoms with Gasteiger partial charge in [-0.25, -0.2) is 9.97 Å². The van der Waals surface area contributed by atoms with Crippen molar-refractivity contribution in [1.29, 1.82) is 0 Å². The van der Waals surface area contributed by atoms with E-state index in [9.17, 15) is 0 Å². The number of halogens is 2. The average Bonchev–Trinajstić information content (AvgIpc) is 2.79. The highest BCUT2D eigenvalue weighted by Gasteiger charge is 2.28. The van der Waals surface area contributed by atoms with E-state index in [1.54, 1.807) is 0 Å². The van der Waals surface area contributed by atoms with E-state index in [0.717, 1.165) is 43.2 Å². The van der Waals surface area contributed by atoms with Gasteiger partial charge in [-0.1, -0.05) is 52.8 Å². The second kappa shape index (κ2) is 8.31. The summed E-state index contributed by atoms with van der Waals surface area (Å²) in [6.45, 7) is 11.2. The van der Waals surface area contributed by atoms with Crippen LogP contribution in [0.25, 0.3) is 22.5 Å². The minimum absolute atomic E-state index is 0.00198. The molecule has 2 aliphatic heterocycles. The lowest BCUT2D eigenvalue weighted by molar-refractivity contribution is 0.484. The van der Waals surface area contributed by atoms with E-state index < -0.39 is 0 Å². The van der Waals surface area contributed by atoms with E-state index in [2.05, 4.69) is 115 Å². The molecule has 2 aliphatic rings. The molecule has 5 heteroatoms. The van der Waals surface area contributed by atoms with Gasteiger partial charge in [-0.2, -0.15) is 0 Å². The highest BCUT2D eigenvalue weighted by Crippen LogP contribution is 2.44. The first-order valence-electron chi connectivity index (χ1n) is 11.3. The van der Waals surface area contributed by atoms with Crippen molar-refractivity contribution in [3.05, 3.63) is 92.6 Å². The zero-order valence-corrected chi connectivity index (χ0v) is 23.1. The maximum Gasteiger partial charge on any atom is 0.136 e. The molecule has 0 saturated heterocycles. The number of ether oxygens (including phenoxy) is 1. The lowest BCUT2D eigenvalue weighted by Gasteiger charge is -2.27. The third-order valence-corrected chi connectivity index (χ3v) is 7.40. The topological polar surface area (TPSA) is 35.0 Å². The summed E-state index contributed by atoms with van der Waals surface area (Å²) in [6, 6.07) is 23.1. The molecule has 172 valence electrons. The largest absolute Gasteiger partial charge is 0.456 e. The van der Waals surface area contributed by atoms with Crippen LogP contribution in [-0.2, 0) is 10.8 Å². The van der Waals surface area contributed by atoms with Gasteiger partial charge in [0.15, 0.2) is 0 Å². The van der Waals surface area contributed by atoms with Crippen molar-refractivity contribution >= 4 is 31.9 Å². The van der Waals surface area contributed by atoms with Crippen molar-refractivity contribution in [1.82, 2.24) is 9.97 Å². The molecule has 0 atom stereocenters. The molecular weight excluding hydrogens is 552 g/mol. The number of nitrogens with zero attached hydrogens (tertiary/aromatic N) is 2. The van der Waals surface area contributed by atoms with Crippen LogP contribution in [0.4, 0.5) is 0 Å². The quantitative estimate of drug-likeness (QED) is 0.212. The summed E-state index contributed by atoms with van der Waals surface area (Å²) in [7, 11) is 0. The summed E-state index contributed by atoms with van der Waals surface area (Å²) in [5.41, 5.74) is 7.03. The fraction of sp³-hybridized carbons (Fsp3) is 0.241.